The molecule has 0 bridgehead atoms. The van der Waals surface area contributed by atoms with Crippen molar-refractivity contribution in [3.8, 4) is 11.5 Å². The normalized spacial score (nSPS) is 15.8. The number of aromatic nitrogens is 1. The number of carbonyl (C=O) groups excluding carboxylic acids is 2. The van der Waals surface area contributed by atoms with Crippen molar-refractivity contribution in [3.05, 3.63) is 70.4 Å². The Morgan fingerprint density at radius 2 is 1.80 bits per heavy atom. The van der Waals surface area contributed by atoms with E-state index >= 15 is 0 Å². The van der Waals surface area contributed by atoms with Crippen molar-refractivity contribution in [2.45, 2.75) is 18.8 Å². The maximum Gasteiger partial charge on any atom is 0.289 e. The molecule has 2 aliphatic heterocycles. The molecular weight excluding hydrogens is 466 g/mol. The summed E-state index contributed by atoms with van der Waals surface area (Å²) in [5.41, 5.74) is 1.74. The number of likely N-dealkylation sites (tertiary alicyclic amines) is 1. The smallest absolute Gasteiger partial charge is 0.289 e. The number of piperidine rings is 1. The van der Waals surface area contributed by atoms with E-state index in [1.165, 1.54) is 11.3 Å². The van der Waals surface area contributed by atoms with Crippen LogP contribution >= 0.6 is 11.3 Å². The molecule has 6 rings (SSSR count). The van der Waals surface area contributed by atoms with E-state index in [0.29, 0.717) is 54.9 Å². The van der Waals surface area contributed by atoms with Gasteiger partial charge in [-0.15, -0.1) is 11.3 Å². The summed E-state index contributed by atoms with van der Waals surface area (Å²) in [6.07, 6.45) is 1.59. The molecule has 4 heterocycles. The Morgan fingerprint density at radius 3 is 2.63 bits per heavy atom. The van der Waals surface area contributed by atoms with Gasteiger partial charge in [-0.2, -0.15) is 0 Å². The van der Waals surface area contributed by atoms with Gasteiger partial charge in [0.2, 0.25) is 0 Å². The van der Waals surface area contributed by atoms with Gasteiger partial charge >= 0.3 is 0 Å². The molecule has 2 aromatic heterocycles. The first-order chi connectivity index (χ1) is 17.1. The molecule has 2 amide bonds. The second-order valence-corrected chi connectivity index (χ2v) is 9.49. The lowest BCUT2D eigenvalue weighted by Gasteiger charge is -2.30. The van der Waals surface area contributed by atoms with E-state index in [4.69, 9.17) is 13.9 Å². The van der Waals surface area contributed by atoms with Crippen LogP contribution in [0.5, 0.6) is 11.5 Å². The lowest BCUT2D eigenvalue weighted by atomic mass is 9.97. The van der Waals surface area contributed by atoms with Crippen molar-refractivity contribution in [1.82, 2.24) is 9.88 Å². The number of rotatable bonds is 4. The Balaban J connectivity index is 1.07. The molecule has 4 aromatic rings. The van der Waals surface area contributed by atoms with Crippen LogP contribution in [0.15, 0.2) is 58.3 Å². The summed E-state index contributed by atoms with van der Waals surface area (Å²) in [7, 11) is 0. The highest BCUT2D eigenvalue weighted by Crippen LogP contribution is 2.34. The number of carbonyl (C=O) groups is 2. The molecule has 0 spiro atoms. The average Bonchev–Trinajstić information content (AvgIpc) is 3.56. The van der Waals surface area contributed by atoms with Crippen molar-refractivity contribution < 1.29 is 23.5 Å². The number of amides is 2. The van der Waals surface area contributed by atoms with Crippen LogP contribution < -0.4 is 14.8 Å². The highest BCUT2D eigenvalue weighted by Gasteiger charge is 2.28. The molecule has 1 saturated heterocycles. The van der Waals surface area contributed by atoms with Gasteiger partial charge in [0.05, 0.1) is 5.01 Å². The van der Waals surface area contributed by atoms with Crippen LogP contribution in [-0.4, -0.2) is 48.0 Å². The van der Waals surface area contributed by atoms with Crippen molar-refractivity contribution in [2.24, 2.45) is 0 Å². The van der Waals surface area contributed by atoms with E-state index < -0.39 is 0 Å². The Labute approximate surface area is 205 Å². The molecule has 2 aliphatic rings. The zero-order valence-corrected chi connectivity index (χ0v) is 19.7. The van der Waals surface area contributed by atoms with Gasteiger partial charge in [0.25, 0.3) is 11.8 Å². The Morgan fingerprint density at radius 1 is 1.00 bits per heavy atom. The number of thiazole rings is 1. The molecule has 178 valence electrons. The number of hydrogen-bond donors (Lipinski definition) is 1. The summed E-state index contributed by atoms with van der Waals surface area (Å²) in [6.45, 7) is 2.26. The Bertz CT molecular complexity index is 1370. The van der Waals surface area contributed by atoms with Gasteiger partial charge < -0.3 is 24.1 Å². The first-order valence-corrected chi connectivity index (χ1v) is 12.5. The van der Waals surface area contributed by atoms with E-state index in [-0.39, 0.29) is 17.7 Å². The predicted octanol–water partition coefficient (Wildman–Crippen LogP) is 4.93. The maximum atomic E-state index is 12.9. The van der Waals surface area contributed by atoms with Gasteiger partial charge in [0.1, 0.15) is 24.5 Å². The van der Waals surface area contributed by atoms with Gasteiger partial charge in [-0.25, -0.2) is 4.98 Å². The topological polar surface area (TPSA) is 93.9 Å². The van der Waals surface area contributed by atoms with E-state index in [9.17, 15) is 9.59 Å². The van der Waals surface area contributed by atoms with Crippen LogP contribution in [0.3, 0.4) is 0 Å². The number of para-hydroxylation sites is 1. The fourth-order valence-corrected chi connectivity index (χ4v) is 5.44. The predicted molar refractivity (Wildman–Crippen MR) is 132 cm³/mol. The zero-order valence-electron chi connectivity index (χ0n) is 18.9. The summed E-state index contributed by atoms with van der Waals surface area (Å²) in [4.78, 5) is 32.1. The summed E-state index contributed by atoms with van der Waals surface area (Å²) in [5, 5.41) is 6.52. The van der Waals surface area contributed by atoms with Crippen LogP contribution in [0.25, 0.3) is 11.0 Å². The minimum Gasteiger partial charge on any atom is -0.486 e. The molecule has 1 N–H and O–H groups in total. The minimum atomic E-state index is -0.262. The number of nitrogens with one attached hydrogen (secondary N) is 1. The van der Waals surface area contributed by atoms with E-state index in [0.717, 1.165) is 28.8 Å². The van der Waals surface area contributed by atoms with E-state index in [1.807, 2.05) is 29.2 Å². The van der Waals surface area contributed by atoms with Crippen molar-refractivity contribution in [1.29, 1.82) is 0 Å². The van der Waals surface area contributed by atoms with Gasteiger partial charge in [0, 0.05) is 41.5 Å². The molecule has 9 heteroatoms. The van der Waals surface area contributed by atoms with Crippen LogP contribution in [0.4, 0.5) is 5.69 Å². The second-order valence-electron chi connectivity index (χ2n) is 8.60. The summed E-state index contributed by atoms with van der Waals surface area (Å²) in [6, 6.07) is 14.8. The lowest BCUT2D eigenvalue weighted by molar-refractivity contribution is 0.0683. The van der Waals surface area contributed by atoms with Crippen LogP contribution in [0, 0.1) is 0 Å². The fraction of sp³-hybridized carbons (Fsp3) is 0.269. The third-order valence-electron chi connectivity index (χ3n) is 6.32. The molecule has 35 heavy (non-hydrogen) atoms. The third kappa shape index (κ3) is 4.35. The second kappa shape index (κ2) is 9.07. The number of anilines is 1. The largest absolute Gasteiger partial charge is 0.486 e. The highest BCUT2D eigenvalue weighted by atomic mass is 32.1. The minimum absolute atomic E-state index is 0.0849. The Hall–Kier alpha value is -3.85. The highest BCUT2D eigenvalue weighted by molar-refractivity contribution is 7.10. The van der Waals surface area contributed by atoms with E-state index in [1.54, 1.807) is 29.6 Å². The zero-order chi connectivity index (χ0) is 23.8. The molecule has 0 radical (unpaired) electrons. The number of furan rings is 1. The van der Waals surface area contributed by atoms with Gasteiger partial charge in [-0.1, -0.05) is 18.2 Å². The average molecular weight is 490 g/mol. The van der Waals surface area contributed by atoms with Gasteiger partial charge in [-0.05, 0) is 37.1 Å². The quantitative estimate of drug-likeness (QED) is 0.437. The van der Waals surface area contributed by atoms with Crippen molar-refractivity contribution >= 4 is 39.8 Å². The monoisotopic (exact) mass is 489 g/mol. The number of benzene rings is 2. The molecule has 2 aromatic carbocycles. The SMILES string of the molecule is O=C(Nc1ccc2c(c1)OCCO2)c1csc(C2CCN(C(=O)c3cc4ccccc4o3)CC2)n1. The van der Waals surface area contributed by atoms with Gasteiger partial charge in [0.15, 0.2) is 17.3 Å². The summed E-state index contributed by atoms with van der Waals surface area (Å²) < 4.78 is 16.8. The van der Waals surface area contributed by atoms with Crippen LogP contribution in [0.2, 0.25) is 0 Å². The Kier molecular flexibility index (Phi) is 5.61. The molecule has 1 fully saturated rings. The van der Waals surface area contributed by atoms with Gasteiger partial charge in [-0.3, -0.25) is 9.59 Å². The number of ether oxygens (including phenoxy) is 2. The molecule has 0 saturated carbocycles. The molecular formula is C26H23N3O5S. The first-order valence-electron chi connectivity index (χ1n) is 11.6. The van der Waals surface area contributed by atoms with Crippen LogP contribution in [-0.2, 0) is 0 Å². The molecule has 8 nitrogen and oxygen atoms in total. The fourth-order valence-electron chi connectivity index (χ4n) is 4.47. The number of hydrogen-bond acceptors (Lipinski definition) is 7. The molecule has 0 unspecified atom stereocenters. The summed E-state index contributed by atoms with van der Waals surface area (Å²) in [5.74, 6) is 1.54. The summed E-state index contributed by atoms with van der Waals surface area (Å²) >= 11 is 1.49. The van der Waals surface area contributed by atoms with Crippen molar-refractivity contribution in [2.75, 3.05) is 31.6 Å². The maximum absolute atomic E-state index is 12.9. The molecule has 0 aliphatic carbocycles. The van der Waals surface area contributed by atoms with Crippen molar-refractivity contribution in [3.63, 3.8) is 0 Å². The standard InChI is InChI=1S/C26H23N3O5S/c30-24(27-18-5-6-21-22(14-18)33-12-11-32-21)19-15-35-25(28-19)16-7-9-29(10-8-16)26(31)23-13-17-3-1-2-4-20(17)34-23/h1-6,13-16H,7-12H2,(H,27,30). The number of nitrogens with zero attached hydrogens (tertiary/aromatic N) is 2. The number of fused-ring (bicyclic) bond motifs is 2. The third-order valence-corrected chi connectivity index (χ3v) is 7.33. The van der Waals surface area contributed by atoms with E-state index in [2.05, 4.69) is 10.3 Å². The lowest BCUT2D eigenvalue weighted by Crippen LogP contribution is -2.37. The molecule has 0 atom stereocenters. The first kappa shape index (κ1) is 21.7. The van der Waals surface area contributed by atoms with Crippen LogP contribution in [0.1, 0.15) is 44.8 Å².